The van der Waals surface area contributed by atoms with Gasteiger partial charge in [-0.05, 0) is 26.8 Å². The Hall–Kier alpha value is -1.31. The number of hydrogen-bond acceptors (Lipinski definition) is 4. The van der Waals surface area contributed by atoms with Crippen molar-refractivity contribution in [3.63, 3.8) is 0 Å². The molecule has 2 rings (SSSR count). The normalized spacial score (nSPS) is 19.5. The molecule has 0 aromatic heterocycles. The van der Waals surface area contributed by atoms with Gasteiger partial charge in [0.2, 0.25) is 0 Å². The topological polar surface area (TPSA) is 33.7 Å². The Morgan fingerprint density at radius 3 is 2.79 bits per heavy atom. The predicted molar refractivity (Wildman–Crippen MR) is 85.9 cm³/mol. The van der Waals surface area contributed by atoms with E-state index in [2.05, 4.69) is 28.8 Å². The second-order valence-electron chi connectivity index (χ2n) is 6.59. The molecule has 0 amide bonds. The van der Waals surface area contributed by atoms with Crippen LogP contribution in [-0.2, 0) is 4.74 Å². The Kier molecular flexibility index (Phi) is 6.48. The third-order valence-corrected chi connectivity index (χ3v) is 4.31. The first-order valence-electron chi connectivity index (χ1n) is 8.10. The van der Waals surface area contributed by atoms with Gasteiger partial charge in [-0.3, -0.25) is 4.90 Å². The molecule has 24 heavy (non-hydrogen) atoms. The zero-order valence-corrected chi connectivity index (χ0v) is 14.3. The van der Waals surface area contributed by atoms with E-state index in [1.54, 1.807) is 0 Å². The molecule has 1 fully saturated rings. The lowest BCUT2D eigenvalue weighted by Gasteiger charge is -2.42. The summed E-state index contributed by atoms with van der Waals surface area (Å²) >= 11 is 0. The van der Waals surface area contributed by atoms with E-state index in [0.717, 1.165) is 19.2 Å². The molecular weight excluding hydrogens is 321 g/mol. The molecule has 1 atom stereocenters. The van der Waals surface area contributed by atoms with Gasteiger partial charge < -0.3 is 14.8 Å². The molecule has 1 aliphatic heterocycles. The molecule has 1 aliphatic rings. The minimum Gasteiger partial charge on any atom is -0.434 e. The molecule has 0 spiro atoms. The maximum absolute atomic E-state index is 13.3. The number of morpholine rings is 1. The number of nitrogens with zero attached hydrogens (tertiary/aromatic N) is 1. The molecule has 0 radical (unpaired) electrons. The van der Waals surface area contributed by atoms with Crippen LogP contribution in [0.3, 0.4) is 0 Å². The molecular formula is C17H25F3N2O2. The highest BCUT2D eigenvalue weighted by Crippen LogP contribution is 2.27. The van der Waals surface area contributed by atoms with E-state index < -0.39 is 12.4 Å². The van der Waals surface area contributed by atoms with Gasteiger partial charge in [0, 0.05) is 42.8 Å². The number of nitrogens with one attached hydrogen (secondary N) is 1. The summed E-state index contributed by atoms with van der Waals surface area (Å²) in [5.74, 6) is -0.728. The molecule has 4 nitrogen and oxygen atoms in total. The summed E-state index contributed by atoms with van der Waals surface area (Å²) in [7, 11) is 0. The lowest BCUT2D eigenvalue weighted by Crippen LogP contribution is -2.54. The summed E-state index contributed by atoms with van der Waals surface area (Å²) in [5.41, 5.74) is 0.487. The van der Waals surface area contributed by atoms with Crippen LogP contribution in [0.25, 0.3) is 0 Å². The third-order valence-electron chi connectivity index (χ3n) is 4.31. The average Bonchev–Trinajstić information content (AvgIpc) is 2.48. The standard InChI is InChI=1S/C17H25F3N2O2/c1-12(14-5-4-13(18)10-15(14)24-16(19)20)21-6-7-22-8-9-23-11-17(22,2)3/h4-5,10,12,16,21H,6-9,11H2,1-3H3. The van der Waals surface area contributed by atoms with Crippen LogP contribution in [0, 0.1) is 5.82 Å². The highest BCUT2D eigenvalue weighted by atomic mass is 19.3. The SMILES string of the molecule is CC(NCCN1CCOCC1(C)C)c1ccc(F)cc1OC(F)F. The Morgan fingerprint density at radius 1 is 1.38 bits per heavy atom. The van der Waals surface area contributed by atoms with Crippen LogP contribution in [0.15, 0.2) is 18.2 Å². The molecule has 7 heteroatoms. The van der Waals surface area contributed by atoms with Gasteiger partial charge in [0.1, 0.15) is 11.6 Å². The Bertz CT molecular complexity index is 541. The smallest absolute Gasteiger partial charge is 0.387 e. The first-order chi connectivity index (χ1) is 11.3. The molecule has 1 aromatic carbocycles. The van der Waals surface area contributed by atoms with E-state index in [9.17, 15) is 13.2 Å². The van der Waals surface area contributed by atoms with Gasteiger partial charge in [-0.2, -0.15) is 8.78 Å². The Labute approximate surface area is 140 Å². The van der Waals surface area contributed by atoms with Crippen LogP contribution in [-0.4, -0.2) is 49.9 Å². The average molecular weight is 346 g/mol. The first-order valence-corrected chi connectivity index (χ1v) is 8.10. The molecule has 0 bridgehead atoms. The van der Waals surface area contributed by atoms with E-state index in [4.69, 9.17) is 4.74 Å². The van der Waals surface area contributed by atoms with Crippen molar-refractivity contribution >= 4 is 0 Å². The van der Waals surface area contributed by atoms with E-state index >= 15 is 0 Å². The van der Waals surface area contributed by atoms with E-state index in [1.807, 2.05) is 6.92 Å². The van der Waals surface area contributed by atoms with Crippen molar-refractivity contribution in [3.8, 4) is 5.75 Å². The summed E-state index contributed by atoms with van der Waals surface area (Å²) < 4.78 is 48.2. The third kappa shape index (κ3) is 5.09. The lowest BCUT2D eigenvalue weighted by molar-refractivity contribution is -0.0515. The maximum Gasteiger partial charge on any atom is 0.387 e. The number of ether oxygens (including phenoxy) is 2. The second-order valence-corrected chi connectivity index (χ2v) is 6.59. The fraction of sp³-hybridized carbons (Fsp3) is 0.647. The number of alkyl halides is 2. The van der Waals surface area contributed by atoms with Crippen molar-refractivity contribution < 1.29 is 22.6 Å². The van der Waals surface area contributed by atoms with Crippen LogP contribution in [0.2, 0.25) is 0 Å². The van der Waals surface area contributed by atoms with Crippen LogP contribution in [0.1, 0.15) is 32.4 Å². The molecule has 1 N–H and O–H groups in total. The van der Waals surface area contributed by atoms with Crippen molar-refractivity contribution in [2.45, 2.75) is 39.0 Å². The number of rotatable bonds is 7. The van der Waals surface area contributed by atoms with Gasteiger partial charge in [-0.15, -0.1) is 0 Å². The predicted octanol–water partition coefficient (Wildman–Crippen LogP) is 3.19. The van der Waals surface area contributed by atoms with Crippen LogP contribution in [0.5, 0.6) is 5.75 Å². The van der Waals surface area contributed by atoms with Gasteiger partial charge >= 0.3 is 6.61 Å². The summed E-state index contributed by atoms with van der Waals surface area (Å²) in [6.07, 6.45) is 0. The molecule has 1 aromatic rings. The van der Waals surface area contributed by atoms with Gasteiger partial charge in [0.25, 0.3) is 0 Å². The highest BCUT2D eigenvalue weighted by Gasteiger charge is 2.29. The fourth-order valence-electron chi connectivity index (χ4n) is 2.90. The monoisotopic (exact) mass is 346 g/mol. The zero-order chi connectivity index (χ0) is 17.7. The largest absolute Gasteiger partial charge is 0.434 e. The molecule has 1 heterocycles. The van der Waals surface area contributed by atoms with Crippen LogP contribution < -0.4 is 10.1 Å². The van der Waals surface area contributed by atoms with Gasteiger partial charge in [-0.25, -0.2) is 4.39 Å². The summed E-state index contributed by atoms with van der Waals surface area (Å²) in [5, 5.41) is 3.29. The Morgan fingerprint density at radius 2 is 2.12 bits per heavy atom. The zero-order valence-electron chi connectivity index (χ0n) is 14.3. The van der Waals surface area contributed by atoms with Crippen LogP contribution >= 0.6 is 0 Å². The summed E-state index contributed by atoms with van der Waals surface area (Å²) in [4.78, 5) is 2.33. The molecule has 1 unspecified atom stereocenters. The maximum atomic E-state index is 13.3. The first kappa shape index (κ1) is 19.0. The number of hydrogen-bond donors (Lipinski definition) is 1. The van der Waals surface area contributed by atoms with Gasteiger partial charge in [-0.1, -0.05) is 6.07 Å². The molecule has 0 saturated carbocycles. The van der Waals surface area contributed by atoms with E-state index in [-0.39, 0.29) is 17.3 Å². The lowest BCUT2D eigenvalue weighted by atomic mass is 10.0. The van der Waals surface area contributed by atoms with Gasteiger partial charge in [0.15, 0.2) is 0 Å². The number of benzene rings is 1. The minimum absolute atomic E-state index is 0.0248. The van der Waals surface area contributed by atoms with Crippen molar-refractivity contribution in [1.29, 1.82) is 0 Å². The van der Waals surface area contributed by atoms with Crippen molar-refractivity contribution in [2.75, 3.05) is 32.8 Å². The summed E-state index contributed by atoms with van der Waals surface area (Å²) in [6.45, 7) is 6.87. The van der Waals surface area contributed by atoms with Gasteiger partial charge in [0.05, 0.1) is 13.2 Å². The van der Waals surface area contributed by atoms with Crippen molar-refractivity contribution in [1.82, 2.24) is 10.2 Å². The molecule has 1 saturated heterocycles. The highest BCUT2D eigenvalue weighted by molar-refractivity contribution is 5.36. The van der Waals surface area contributed by atoms with E-state index in [0.29, 0.717) is 25.3 Å². The fourth-order valence-corrected chi connectivity index (χ4v) is 2.90. The molecule has 0 aliphatic carbocycles. The van der Waals surface area contributed by atoms with Crippen molar-refractivity contribution in [3.05, 3.63) is 29.6 Å². The minimum atomic E-state index is -2.98. The second kappa shape index (κ2) is 8.18. The van der Waals surface area contributed by atoms with Crippen molar-refractivity contribution in [2.24, 2.45) is 0 Å². The van der Waals surface area contributed by atoms with Crippen LogP contribution in [0.4, 0.5) is 13.2 Å². The Balaban J connectivity index is 1.93. The molecule has 136 valence electrons. The quantitative estimate of drug-likeness (QED) is 0.822. The van der Waals surface area contributed by atoms with E-state index in [1.165, 1.54) is 12.1 Å². The summed E-state index contributed by atoms with van der Waals surface area (Å²) in [6, 6.07) is 3.48. The number of halogens is 3.